The second kappa shape index (κ2) is 5.55. The molecule has 7 heteroatoms. The molecule has 2 N–H and O–H groups in total. The number of nitro groups is 1. The van der Waals surface area contributed by atoms with Crippen LogP contribution in [0.4, 0.5) is 17.3 Å². The maximum absolute atomic E-state index is 10.5. The summed E-state index contributed by atoms with van der Waals surface area (Å²) >= 11 is 1.73. The topological polar surface area (TPSA) is 85.3 Å². The standard InChI is InChI=1S/C9H14N4O2S/c1-12(5-6-16-2)8-4-3-7(13(14)15)9(10)11-8/h3-4H,5-6H2,1-2H3,(H2,10,11). The molecule has 1 aromatic heterocycles. The summed E-state index contributed by atoms with van der Waals surface area (Å²) in [5.41, 5.74) is 5.35. The normalized spacial score (nSPS) is 10.1. The van der Waals surface area contributed by atoms with Gasteiger partial charge in [0.05, 0.1) is 4.92 Å². The lowest BCUT2D eigenvalue weighted by atomic mass is 10.3. The van der Waals surface area contributed by atoms with Gasteiger partial charge in [-0.3, -0.25) is 10.1 Å². The highest BCUT2D eigenvalue weighted by Crippen LogP contribution is 2.22. The molecule has 0 fully saturated rings. The Balaban J connectivity index is 2.84. The van der Waals surface area contributed by atoms with Crippen molar-refractivity contribution < 1.29 is 4.92 Å². The van der Waals surface area contributed by atoms with Gasteiger partial charge in [0.2, 0.25) is 5.82 Å². The van der Waals surface area contributed by atoms with Crippen molar-refractivity contribution in [1.82, 2.24) is 4.98 Å². The number of nitrogen functional groups attached to an aromatic ring is 1. The number of thioether (sulfide) groups is 1. The highest BCUT2D eigenvalue weighted by atomic mass is 32.2. The number of anilines is 2. The van der Waals surface area contributed by atoms with E-state index in [-0.39, 0.29) is 11.5 Å². The van der Waals surface area contributed by atoms with Gasteiger partial charge in [0.15, 0.2) is 0 Å². The van der Waals surface area contributed by atoms with E-state index in [4.69, 9.17) is 5.73 Å². The van der Waals surface area contributed by atoms with E-state index in [0.29, 0.717) is 5.82 Å². The third-order valence-corrected chi connectivity index (χ3v) is 2.70. The van der Waals surface area contributed by atoms with Crippen LogP contribution < -0.4 is 10.6 Å². The van der Waals surface area contributed by atoms with Crippen molar-refractivity contribution in [3.8, 4) is 0 Å². The fourth-order valence-electron chi connectivity index (χ4n) is 1.17. The first-order chi connectivity index (χ1) is 7.56. The molecule has 0 bridgehead atoms. The Morgan fingerprint density at radius 2 is 2.31 bits per heavy atom. The lowest BCUT2D eigenvalue weighted by molar-refractivity contribution is -0.384. The van der Waals surface area contributed by atoms with E-state index in [2.05, 4.69) is 4.98 Å². The minimum absolute atomic E-state index is 0.0431. The molecule has 0 atom stereocenters. The van der Waals surface area contributed by atoms with Gasteiger partial charge in [0.25, 0.3) is 0 Å². The van der Waals surface area contributed by atoms with E-state index < -0.39 is 4.92 Å². The number of hydrogen-bond acceptors (Lipinski definition) is 6. The average molecular weight is 242 g/mol. The molecule has 16 heavy (non-hydrogen) atoms. The fraction of sp³-hybridized carbons (Fsp3) is 0.444. The highest BCUT2D eigenvalue weighted by Gasteiger charge is 2.14. The molecule has 0 saturated carbocycles. The molecule has 0 aliphatic heterocycles. The van der Waals surface area contributed by atoms with E-state index in [9.17, 15) is 10.1 Å². The van der Waals surface area contributed by atoms with Gasteiger partial charge >= 0.3 is 5.69 Å². The highest BCUT2D eigenvalue weighted by molar-refractivity contribution is 7.98. The predicted octanol–water partition coefficient (Wildman–Crippen LogP) is 1.37. The summed E-state index contributed by atoms with van der Waals surface area (Å²) in [5.74, 6) is 1.57. The Morgan fingerprint density at radius 1 is 1.62 bits per heavy atom. The van der Waals surface area contributed by atoms with Crippen LogP contribution in [-0.4, -0.2) is 35.5 Å². The van der Waals surface area contributed by atoms with E-state index in [1.807, 2.05) is 18.2 Å². The molecule has 0 unspecified atom stereocenters. The fourth-order valence-corrected chi connectivity index (χ4v) is 1.62. The number of nitrogens with zero attached hydrogens (tertiary/aromatic N) is 3. The molecule has 0 radical (unpaired) electrons. The minimum Gasteiger partial charge on any atom is -0.378 e. The van der Waals surface area contributed by atoms with Crippen molar-refractivity contribution in [1.29, 1.82) is 0 Å². The van der Waals surface area contributed by atoms with Crippen molar-refractivity contribution in [2.24, 2.45) is 0 Å². The zero-order valence-electron chi connectivity index (χ0n) is 9.21. The lowest BCUT2D eigenvalue weighted by Crippen LogP contribution is -2.21. The second-order valence-electron chi connectivity index (χ2n) is 3.25. The molecule has 0 saturated heterocycles. The van der Waals surface area contributed by atoms with Gasteiger partial charge in [0.1, 0.15) is 5.82 Å². The molecule has 6 nitrogen and oxygen atoms in total. The number of aromatic nitrogens is 1. The molecular formula is C9H14N4O2S. The molecule has 88 valence electrons. The number of nitrogens with two attached hydrogens (primary N) is 1. The number of rotatable bonds is 5. The number of pyridine rings is 1. The van der Waals surface area contributed by atoms with E-state index in [0.717, 1.165) is 12.3 Å². The SMILES string of the molecule is CSCCN(C)c1ccc([N+](=O)[O-])c(N)n1. The predicted molar refractivity (Wildman–Crippen MR) is 67.0 cm³/mol. The third kappa shape index (κ3) is 2.99. The van der Waals surface area contributed by atoms with Crippen molar-refractivity contribution in [3.05, 3.63) is 22.2 Å². The van der Waals surface area contributed by atoms with E-state index >= 15 is 0 Å². The Bertz CT molecular complexity index is 386. The summed E-state index contributed by atoms with van der Waals surface area (Å²) in [6.45, 7) is 0.825. The van der Waals surface area contributed by atoms with Crippen molar-refractivity contribution in [2.45, 2.75) is 0 Å². The van der Waals surface area contributed by atoms with Crippen molar-refractivity contribution >= 4 is 29.1 Å². The van der Waals surface area contributed by atoms with Crippen LogP contribution in [0, 0.1) is 10.1 Å². The largest absolute Gasteiger partial charge is 0.378 e. The molecule has 1 rings (SSSR count). The van der Waals surface area contributed by atoms with Crippen LogP contribution in [0.25, 0.3) is 0 Å². The molecular weight excluding hydrogens is 228 g/mol. The second-order valence-corrected chi connectivity index (χ2v) is 4.23. The molecule has 0 aliphatic carbocycles. The first-order valence-corrected chi connectivity index (χ1v) is 6.06. The molecule has 0 amide bonds. The summed E-state index contributed by atoms with van der Waals surface area (Å²) in [6.07, 6.45) is 2.02. The van der Waals surface area contributed by atoms with Crippen LogP contribution in [0.5, 0.6) is 0 Å². The summed E-state index contributed by atoms with van der Waals surface area (Å²) in [5, 5.41) is 10.5. The maximum atomic E-state index is 10.5. The number of hydrogen-bond donors (Lipinski definition) is 1. The molecule has 0 spiro atoms. The molecule has 0 aliphatic rings. The van der Waals surface area contributed by atoms with Crippen LogP contribution in [0.3, 0.4) is 0 Å². The van der Waals surface area contributed by atoms with Gasteiger partial charge in [0, 0.05) is 25.4 Å². The molecule has 1 heterocycles. The summed E-state index contributed by atoms with van der Waals surface area (Å²) in [7, 11) is 1.88. The zero-order chi connectivity index (χ0) is 12.1. The van der Waals surface area contributed by atoms with Crippen LogP contribution in [-0.2, 0) is 0 Å². The summed E-state index contributed by atoms with van der Waals surface area (Å²) < 4.78 is 0. The Hall–Kier alpha value is -1.50. The van der Waals surface area contributed by atoms with Crippen LogP contribution in [0.15, 0.2) is 12.1 Å². The third-order valence-electron chi connectivity index (χ3n) is 2.11. The maximum Gasteiger partial charge on any atom is 0.311 e. The first-order valence-electron chi connectivity index (χ1n) is 4.67. The summed E-state index contributed by atoms with van der Waals surface area (Å²) in [4.78, 5) is 15.9. The van der Waals surface area contributed by atoms with Gasteiger partial charge < -0.3 is 10.6 Å². The average Bonchev–Trinajstić information content (AvgIpc) is 2.25. The van der Waals surface area contributed by atoms with Gasteiger partial charge in [-0.05, 0) is 12.3 Å². The Kier molecular flexibility index (Phi) is 4.36. The molecule has 1 aromatic rings. The van der Waals surface area contributed by atoms with Crippen LogP contribution in [0.2, 0.25) is 0 Å². The smallest absolute Gasteiger partial charge is 0.311 e. The Labute approximate surface area is 98.0 Å². The van der Waals surface area contributed by atoms with Gasteiger partial charge in [-0.1, -0.05) is 0 Å². The van der Waals surface area contributed by atoms with Crippen molar-refractivity contribution in [2.75, 3.05) is 36.2 Å². The van der Waals surface area contributed by atoms with Gasteiger partial charge in [-0.15, -0.1) is 0 Å². The quantitative estimate of drug-likeness (QED) is 0.620. The summed E-state index contributed by atoms with van der Waals surface area (Å²) in [6, 6.07) is 2.99. The van der Waals surface area contributed by atoms with Crippen molar-refractivity contribution in [3.63, 3.8) is 0 Å². The lowest BCUT2D eigenvalue weighted by Gasteiger charge is -2.17. The monoisotopic (exact) mass is 242 g/mol. The van der Waals surface area contributed by atoms with E-state index in [1.165, 1.54) is 6.07 Å². The van der Waals surface area contributed by atoms with Crippen LogP contribution in [0.1, 0.15) is 0 Å². The molecule has 0 aromatic carbocycles. The van der Waals surface area contributed by atoms with E-state index in [1.54, 1.807) is 17.8 Å². The minimum atomic E-state index is -0.534. The van der Waals surface area contributed by atoms with Gasteiger partial charge in [-0.25, -0.2) is 4.98 Å². The first kappa shape index (κ1) is 12.6. The van der Waals surface area contributed by atoms with Crippen LogP contribution >= 0.6 is 11.8 Å². The zero-order valence-corrected chi connectivity index (χ0v) is 10.0. The van der Waals surface area contributed by atoms with Gasteiger partial charge in [-0.2, -0.15) is 11.8 Å². The Morgan fingerprint density at radius 3 is 2.81 bits per heavy atom.